The van der Waals surface area contributed by atoms with Gasteiger partial charge < -0.3 is 9.64 Å². The van der Waals surface area contributed by atoms with Crippen LogP contribution in [0.3, 0.4) is 0 Å². The SMILES string of the molecule is Cc1cc(OCc2c(F)cccc2F)c2nc(C)c(C(=O)NOCCN(C)C)n2c1. The van der Waals surface area contributed by atoms with E-state index in [1.54, 1.807) is 23.6 Å². The fourth-order valence-corrected chi connectivity index (χ4v) is 2.95. The number of benzene rings is 1. The van der Waals surface area contributed by atoms with Crippen molar-refractivity contribution < 1.29 is 23.1 Å². The Morgan fingerprint density at radius 2 is 1.93 bits per heavy atom. The second-order valence-electron chi connectivity index (χ2n) is 7.19. The number of hydrogen-bond donors (Lipinski definition) is 1. The Balaban J connectivity index is 1.85. The van der Waals surface area contributed by atoms with Crippen LogP contribution < -0.4 is 10.2 Å². The first-order valence-electron chi connectivity index (χ1n) is 9.39. The highest BCUT2D eigenvalue weighted by molar-refractivity contribution is 5.94. The normalized spacial score (nSPS) is 11.3. The number of fused-ring (bicyclic) bond motifs is 1. The molecule has 7 nitrogen and oxygen atoms in total. The molecule has 0 radical (unpaired) electrons. The lowest BCUT2D eigenvalue weighted by Gasteiger charge is -2.12. The van der Waals surface area contributed by atoms with E-state index >= 15 is 0 Å². The van der Waals surface area contributed by atoms with Crippen LogP contribution in [-0.4, -0.2) is 47.4 Å². The molecule has 0 unspecified atom stereocenters. The molecular weight excluding hydrogens is 394 g/mol. The molecule has 30 heavy (non-hydrogen) atoms. The predicted molar refractivity (Wildman–Crippen MR) is 107 cm³/mol. The second-order valence-corrected chi connectivity index (χ2v) is 7.19. The van der Waals surface area contributed by atoms with Gasteiger partial charge in [0.15, 0.2) is 11.4 Å². The molecule has 1 amide bonds. The average Bonchev–Trinajstić information content (AvgIpc) is 3.00. The van der Waals surface area contributed by atoms with Gasteiger partial charge in [-0.1, -0.05) is 6.07 Å². The number of carbonyl (C=O) groups is 1. The summed E-state index contributed by atoms with van der Waals surface area (Å²) in [5, 5.41) is 0. The number of hydrogen-bond acceptors (Lipinski definition) is 5. The summed E-state index contributed by atoms with van der Waals surface area (Å²) in [6.07, 6.45) is 1.74. The van der Waals surface area contributed by atoms with Crippen LogP contribution in [0.1, 0.15) is 27.3 Å². The van der Waals surface area contributed by atoms with E-state index in [1.807, 2.05) is 25.9 Å². The third-order valence-corrected chi connectivity index (χ3v) is 4.45. The van der Waals surface area contributed by atoms with Gasteiger partial charge in [-0.25, -0.2) is 19.2 Å². The van der Waals surface area contributed by atoms with Crippen molar-refractivity contribution in [3.63, 3.8) is 0 Å². The van der Waals surface area contributed by atoms with E-state index in [4.69, 9.17) is 9.57 Å². The van der Waals surface area contributed by atoms with Crippen LogP contribution in [0.5, 0.6) is 5.75 Å². The molecule has 160 valence electrons. The standard InChI is InChI=1S/C21H24F2N4O3/c1-13-10-18(29-12-15-16(22)6-5-7-17(15)23)20-24-14(2)19(27(20)11-13)21(28)25-30-9-8-26(3)4/h5-7,10-11H,8-9,12H2,1-4H3,(H,25,28). The molecule has 3 aromatic rings. The van der Waals surface area contributed by atoms with Crippen LogP contribution in [0.4, 0.5) is 8.78 Å². The van der Waals surface area contributed by atoms with Gasteiger partial charge in [0.2, 0.25) is 0 Å². The molecule has 2 heterocycles. The molecule has 0 aliphatic heterocycles. The number of aryl methyl sites for hydroxylation is 2. The molecule has 1 aromatic carbocycles. The van der Waals surface area contributed by atoms with Gasteiger partial charge in [0.1, 0.15) is 23.9 Å². The maximum Gasteiger partial charge on any atom is 0.293 e. The van der Waals surface area contributed by atoms with Crippen LogP contribution in [0, 0.1) is 25.5 Å². The lowest BCUT2D eigenvalue weighted by Crippen LogP contribution is -2.29. The van der Waals surface area contributed by atoms with Crippen molar-refractivity contribution in [1.29, 1.82) is 0 Å². The Morgan fingerprint density at radius 1 is 1.23 bits per heavy atom. The average molecular weight is 418 g/mol. The van der Waals surface area contributed by atoms with Crippen LogP contribution in [0.15, 0.2) is 30.5 Å². The molecule has 9 heteroatoms. The maximum absolute atomic E-state index is 13.9. The van der Waals surface area contributed by atoms with E-state index in [1.165, 1.54) is 18.2 Å². The predicted octanol–water partition coefficient (Wildman–Crippen LogP) is 3.03. The first-order valence-corrected chi connectivity index (χ1v) is 9.39. The molecule has 2 aromatic heterocycles. The molecular formula is C21H24F2N4O3. The quantitative estimate of drug-likeness (QED) is 0.450. The van der Waals surface area contributed by atoms with Gasteiger partial charge in [-0.3, -0.25) is 14.0 Å². The highest BCUT2D eigenvalue weighted by atomic mass is 19.1. The summed E-state index contributed by atoms with van der Waals surface area (Å²) < 4.78 is 35.1. The molecule has 0 saturated carbocycles. The monoisotopic (exact) mass is 418 g/mol. The van der Waals surface area contributed by atoms with Crippen molar-refractivity contribution in [1.82, 2.24) is 19.8 Å². The fraction of sp³-hybridized carbons (Fsp3) is 0.333. The summed E-state index contributed by atoms with van der Waals surface area (Å²) in [6.45, 7) is 4.18. The largest absolute Gasteiger partial charge is 0.485 e. The van der Waals surface area contributed by atoms with Gasteiger partial charge >= 0.3 is 0 Å². The molecule has 0 fully saturated rings. The highest BCUT2D eigenvalue weighted by Crippen LogP contribution is 2.26. The molecule has 1 N–H and O–H groups in total. The molecule has 0 bridgehead atoms. The number of pyridine rings is 1. The lowest BCUT2D eigenvalue weighted by atomic mass is 10.2. The van der Waals surface area contributed by atoms with Crippen molar-refractivity contribution in [2.75, 3.05) is 27.2 Å². The van der Waals surface area contributed by atoms with Crippen molar-refractivity contribution in [2.24, 2.45) is 0 Å². The first-order chi connectivity index (χ1) is 14.3. The maximum atomic E-state index is 13.9. The summed E-state index contributed by atoms with van der Waals surface area (Å²) in [7, 11) is 3.80. The summed E-state index contributed by atoms with van der Waals surface area (Å²) in [6, 6.07) is 5.34. The molecule has 0 aliphatic rings. The summed E-state index contributed by atoms with van der Waals surface area (Å²) in [4.78, 5) is 24.2. The number of rotatable bonds is 8. The highest BCUT2D eigenvalue weighted by Gasteiger charge is 2.20. The number of nitrogens with one attached hydrogen (secondary N) is 1. The number of carbonyl (C=O) groups excluding carboxylic acids is 1. The minimum Gasteiger partial charge on any atom is -0.485 e. The van der Waals surface area contributed by atoms with Crippen LogP contribution in [0.25, 0.3) is 5.65 Å². The number of amides is 1. The number of aromatic nitrogens is 2. The van der Waals surface area contributed by atoms with Crippen LogP contribution in [-0.2, 0) is 11.4 Å². The number of likely N-dealkylation sites (N-methyl/N-ethyl adjacent to an activating group) is 1. The number of ether oxygens (including phenoxy) is 1. The molecule has 0 aliphatic carbocycles. The molecule has 3 rings (SSSR count). The Hall–Kier alpha value is -3.04. The van der Waals surface area contributed by atoms with Crippen molar-refractivity contribution in [3.05, 3.63) is 64.6 Å². The number of hydroxylamine groups is 1. The van der Waals surface area contributed by atoms with Crippen molar-refractivity contribution >= 4 is 11.6 Å². The van der Waals surface area contributed by atoms with E-state index in [-0.39, 0.29) is 12.2 Å². The van der Waals surface area contributed by atoms with E-state index in [2.05, 4.69) is 10.5 Å². The van der Waals surface area contributed by atoms with Crippen molar-refractivity contribution in [3.8, 4) is 5.75 Å². The van der Waals surface area contributed by atoms with E-state index in [9.17, 15) is 13.6 Å². The van der Waals surface area contributed by atoms with E-state index < -0.39 is 17.5 Å². The zero-order valence-corrected chi connectivity index (χ0v) is 17.3. The van der Waals surface area contributed by atoms with Crippen LogP contribution >= 0.6 is 0 Å². The Labute approximate surface area is 173 Å². The molecule has 0 spiro atoms. The first kappa shape index (κ1) is 21.7. The van der Waals surface area contributed by atoms with Gasteiger partial charge in [-0.15, -0.1) is 0 Å². The van der Waals surface area contributed by atoms with E-state index in [0.717, 1.165) is 5.56 Å². The summed E-state index contributed by atoms with van der Waals surface area (Å²) in [5.74, 6) is -1.51. The smallest absolute Gasteiger partial charge is 0.293 e. The number of nitrogens with zero attached hydrogens (tertiary/aromatic N) is 3. The zero-order valence-electron chi connectivity index (χ0n) is 17.3. The Bertz CT molecular complexity index is 1050. The number of halogens is 2. The Morgan fingerprint density at radius 3 is 2.60 bits per heavy atom. The van der Waals surface area contributed by atoms with Crippen LogP contribution in [0.2, 0.25) is 0 Å². The minimum absolute atomic E-state index is 0.173. The lowest BCUT2D eigenvalue weighted by molar-refractivity contribution is 0.0257. The Kier molecular flexibility index (Phi) is 6.63. The zero-order chi connectivity index (χ0) is 21.8. The van der Waals surface area contributed by atoms with Gasteiger partial charge in [0, 0.05) is 12.7 Å². The minimum atomic E-state index is -0.687. The summed E-state index contributed by atoms with van der Waals surface area (Å²) >= 11 is 0. The van der Waals surface area contributed by atoms with Gasteiger partial charge in [0.25, 0.3) is 5.91 Å². The van der Waals surface area contributed by atoms with E-state index in [0.29, 0.717) is 35.9 Å². The topological polar surface area (TPSA) is 68.1 Å². The second kappa shape index (κ2) is 9.19. The third kappa shape index (κ3) is 4.74. The third-order valence-electron chi connectivity index (χ3n) is 4.45. The fourth-order valence-electron chi connectivity index (χ4n) is 2.95. The summed E-state index contributed by atoms with van der Waals surface area (Å²) in [5.41, 5.74) is 4.16. The number of imidazole rings is 1. The molecule has 0 saturated heterocycles. The molecule has 0 atom stereocenters. The van der Waals surface area contributed by atoms with Crippen molar-refractivity contribution in [2.45, 2.75) is 20.5 Å². The van der Waals surface area contributed by atoms with Gasteiger partial charge in [0.05, 0.1) is 17.9 Å². The van der Waals surface area contributed by atoms with Gasteiger partial charge in [-0.05, 0) is 51.7 Å². The van der Waals surface area contributed by atoms with Gasteiger partial charge in [-0.2, -0.15) is 0 Å².